The first kappa shape index (κ1) is 18.0. The van der Waals surface area contributed by atoms with E-state index in [9.17, 15) is 4.79 Å². The summed E-state index contributed by atoms with van der Waals surface area (Å²) in [5, 5.41) is 9.03. The molecule has 0 bridgehead atoms. The fraction of sp³-hybridized carbons (Fsp3) is 0.571. The van der Waals surface area contributed by atoms with Crippen molar-refractivity contribution in [3.8, 4) is 0 Å². The van der Waals surface area contributed by atoms with Gasteiger partial charge in [-0.15, -0.1) is 11.3 Å². The maximum Gasteiger partial charge on any atom is 0.217 e. The van der Waals surface area contributed by atoms with E-state index in [2.05, 4.69) is 29.5 Å². The molecule has 0 aliphatic carbocycles. The summed E-state index contributed by atoms with van der Waals surface area (Å²) in [4.78, 5) is 16.8. The lowest BCUT2D eigenvalue weighted by Crippen LogP contribution is -2.27. The number of allylic oxidation sites excluding steroid dienone is 1. The third kappa shape index (κ3) is 6.50. The van der Waals surface area contributed by atoms with E-state index in [0.717, 1.165) is 22.3 Å². The van der Waals surface area contributed by atoms with Crippen LogP contribution in [-0.4, -0.2) is 36.5 Å². The van der Waals surface area contributed by atoms with Gasteiger partial charge in [-0.1, -0.05) is 17.3 Å². The second-order valence-electron chi connectivity index (χ2n) is 4.75. The van der Waals surface area contributed by atoms with E-state index < -0.39 is 0 Å². The van der Waals surface area contributed by atoms with Gasteiger partial charge in [0.15, 0.2) is 5.13 Å². The summed E-state index contributed by atoms with van der Waals surface area (Å²) in [6.45, 7) is 9.00. The molecule has 1 unspecified atom stereocenters. The Bertz CT molecular complexity index is 496. The third-order valence-electron chi connectivity index (χ3n) is 2.47. The number of thioether (sulfide) groups is 1. The van der Waals surface area contributed by atoms with Gasteiger partial charge in [0.05, 0.1) is 17.7 Å². The topological polar surface area (TPSA) is 63.2 Å². The molecule has 118 valence electrons. The Balaban J connectivity index is 2.74. The summed E-state index contributed by atoms with van der Waals surface area (Å²) in [5.41, 5.74) is 2.13. The molecule has 1 heterocycles. The van der Waals surface area contributed by atoms with Gasteiger partial charge in [-0.3, -0.25) is 4.79 Å². The van der Waals surface area contributed by atoms with Gasteiger partial charge in [0.1, 0.15) is 0 Å². The van der Waals surface area contributed by atoms with Crippen molar-refractivity contribution < 1.29 is 9.53 Å². The molecule has 0 fully saturated rings. The van der Waals surface area contributed by atoms with Crippen LogP contribution in [0.3, 0.4) is 0 Å². The Hall–Kier alpha value is -1.05. The Labute approximate surface area is 134 Å². The first-order valence-corrected chi connectivity index (χ1v) is 8.50. The summed E-state index contributed by atoms with van der Waals surface area (Å²) in [5.74, 6) is -0.0247. The van der Waals surface area contributed by atoms with Crippen LogP contribution in [-0.2, 0) is 9.53 Å². The van der Waals surface area contributed by atoms with Gasteiger partial charge in [-0.25, -0.2) is 4.98 Å². The minimum absolute atomic E-state index is 0.0130. The van der Waals surface area contributed by atoms with Crippen molar-refractivity contribution >= 4 is 39.0 Å². The van der Waals surface area contributed by atoms with E-state index >= 15 is 0 Å². The van der Waals surface area contributed by atoms with Crippen LogP contribution in [0.15, 0.2) is 11.0 Å². The van der Waals surface area contributed by atoms with Crippen molar-refractivity contribution in [1.82, 2.24) is 10.3 Å². The highest BCUT2D eigenvalue weighted by atomic mass is 32.2. The summed E-state index contributed by atoms with van der Waals surface area (Å²) < 4.78 is 5.01. The van der Waals surface area contributed by atoms with E-state index in [1.807, 2.05) is 12.3 Å². The fourth-order valence-corrected chi connectivity index (χ4v) is 3.49. The SMILES string of the molecule is COCCNc1nc(C(SC(C)NC(C)=O)=C(C)C)cs1. The van der Waals surface area contributed by atoms with Crippen LogP contribution in [0.25, 0.3) is 4.91 Å². The van der Waals surface area contributed by atoms with Crippen molar-refractivity contribution in [1.29, 1.82) is 0 Å². The number of hydrogen-bond acceptors (Lipinski definition) is 6. The monoisotopic (exact) mass is 329 g/mol. The van der Waals surface area contributed by atoms with Crippen LogP contribution >= 0.6 is 23.1 Å². The van der Waals surface area contributed by atoms with Crippen LogP contribution in [0.5, 0.6) is 0 Å². The normalized spacial score (nSPS) is 11.9. The maximum absolute atomic E-state index is 11.1. The summed E-state index contributed by atoms with van der Waals surface area (Å²) >= 11 is 3.19. The van der Waals surface area contributed by atoms with Gasteiger partial charge in [-0.05, 0) is 20.8 Å². The minimum Gasteiger partial charge on any atom is -0.383 e. The number of nitrogens with one attached hydrogen (secondary N) is 2. The Morgan fingerprint density at radius 3 is 2.76 bits per heavy atom. The zero-order valence-electron chi connectivity index (χ0n) is 13.1. The molecule has 0 radical (unpaired) electrons. The van der Waals surface area contributed by atoms with Gasteiger partial charge in [0, 0.05) is 30.9 Å². The molecule has 1 aromatic heterocycles. The predicted molar refractivity (Wildman–Crippen MR) is 91.6 cm³/mol. The second kappa shape index (κ2) is 9.07. The average Bonchev–Trinajstić information content (AvgIpc) is 2.83. The number of carbonyl (C=O) groups excluding carboxylic acids is 1. The first-order valence-electron chi connectivity index (χ1n) is 6.74. The number of rotatable bonds is 8. The molecule has 0 spiro atoms. The van der Waals surface area contributed by atoms with E-state index in [1.54, 1.807) is 30.2 Å². The van der Waals surface area contributed by atoms with Crippen molar-refractivity contribution in [3.05, 3.63) is 16.6 Å². The predicted octanol–water partition coefficient (Wildman–Crippen LogP) is 3.17. The van der Waals surface area contributed by atoms with Gasteiger partial charge in [-0.2, -0.15) is 0 Å². The third-order valence-corrected chi connectivity index (χ3v) is 4.60. The van der Waals surface area contributed by atoms with E-state index in [-0.39, 0.29) is 11.3 Å². The molecule has 5 nitrogen and oxygen atoms in total. The lowest BCUT2D eigenvalue weighted by atomic mass is 10.3. The number of anilines is 1. The van der Waals surface area contributed by atoms with Gasteiger partial charge in [0.25, 0.3) is 0 Å². The summed E-state index contributed by atoms with van der Waals surface area (Å²) in [6.07, 6.45) is 0. The largest absolute Gasteiger partial charge is 0.383 e. The molecule has 0 aromatic carbocycles. The van der Waals surface area contributed by atoms with Crippen LogP contribution in [0.1, 0.15) is 33.4 Å². The summed E-state index contributed by atoms with van der Waals surface area (Å²) in [7, 11) is 1.68. The Morgan fingerprint density at radius 2 is 2.19 bits per heavy atom. The Morgan fingerprint density at radius 1 is 1.48 bits per heavy atom. The number of methoxy groups -OCH3 is 1. The number of thiazole rings is 1. The molecule has 21 heavy (non-hydrogen) atoms. The molecule has 0 aliphatic heterocycles. The lowest BCUT2D eigenvalue weighted by Gasteiger charge is -2.14. The fourth-order valence-electron chi connectivity index (χ4n) is 1.65. The van der Waals surface area contributed by atoms with Crippen LogP contribution in [0.2, 0.25) is 0 Å². The lowest BCUT2D eigenvalue weighted by molar-refractivity contribution is -0.119. The molecule has 2 N–H and O–H groups in total. The molecule has 1 aromatic rings. The maximum atomic E-state index is 11.1. The minimum atomic E-state index is -0.0247. The van der Waals surface area contributed by atoms with Gasteiger partial charge >= 0.3 is 0 Å². The van der Waals surface area contributed by atoms with Crippen molar-refractivity contribution in [2.75, 3.05) is 25.6 Å². The van der Waals surface area contributed by atoms with Crippen LogP contribution in [0, 0.1) is 0 Å². The second-order valence-corrected chi connectivity index (χ2v) is 6.96. The number of carbonyl (C=O) groups is 1. The van der Waals surface area contributed by atoms with E-state index in [4.69, 9.17) is 4.74 Å². The van der Waals surface area contributed by atoms with Gasteiger partial charge < -0.3 is 15.4 Å². The highest BCUT2D eigenvalue weighted by Crippen LogP contribution is 2.34. The number of ether oxygens (including phenoxy) is 1. The molecule has 1 atom stereocenters. The highest BCUT2D eigenvalue weighted by molar-refractivity contribution is 8.08. The number of hydrogen-bond donors (Lipinski definition) is 2. The molecule has 0 saturated carbocycles. The molecule has 1 rings (SSSR count). The number of aromatic nitrogens is 1. The molecular weight excluding hydrogens is 306 g/mol. The molecular formula is C14H23N3O2S2. The average molecular weight is 329 g/mol. The summed E-state index contributed by atoms with van der Waals surface area (Å²) in [6, 6.07) is 0. The number of amides is 1. The van der Waals surface area contributed by atoms with E-state index in [1.165, 1.54) is 12.5 Å². The van der Waals surface area contributed by atoms with Crippen LogP contribution in [0.4, 0.5) is 5.13 Å². The highest BCUT2D eigenvalue weighted by Gasteiger charge is 2.14. The molecule has 0 aliphatic rings. The van der Waals surface area contributed by atoms with Crippen molar-refractivity contribution in [3.63, 3.8) is 0 Å². The number of nitrogens with zero attached hydrogens (tertiary/aromatic N) is 1. The molecule has 0 saturated heterocycles. The first-order chi connectivity index (χ1) is 9.93. The molecule has 1 amide bonds. The molecule has 7 heteroatoms. The Kier molecular flexibility index (Phi) is 7.77. The van der Waals surface area contributed by atoms with Crippen molar-refractivity contribution in [2.24, 2.45) is 0 Å². The van der Waals surface area contributed by atoms with E-state index in [0.29, 0.717) is 6.61 Å². The smallest absolute Gasteiger partial charge is 0.217 e. The standard InChI is InChI=1S/C14H23N3O2S2/c1-9(2)13(21-11(4)16-10(3)18)12-8-20-14(17-12)15-6-7-19-5/h8,11H,6-7H2,1-5H3,(H,15,17)(H,16,18). The van der Waals surface area contributed by atoms with Gasteiger partial charge in [0.2, 0.25) is 5.91 Å². The zero-order chi connectivity index (χ0) is 15.8. The van der Waals surface area contributed by atoms with Crippen molar-refractivity contribution in [2.45, 2.75) is 33.1 Å². The quantitative estimate of drug-likeness (QED) is 0.566. The zero-order valence-corrected chi connectivity index (χ0v) is 14.8. The van der Waals surface area contributed by atoms with Crippen LogP contribution < -0.4 is 10.6 Å².